The molecule has 78 valence electrons. The van der Waals surface area contributed by atoms with Crippen LogP contribution in [0.5, 0.6) is 0 Å². The molecule has 0 saturated carbocycles. The van der Waals surface area contributed by atoms with Crippen molar-refractivity contribution in [3.63, 3.8) is 0 Å². The summed E-state index contributed by atoms with van der Waals surface area (Å²) in [6.45, 7) is 0. The predicted molar refractivity (Wildman–Crippen MR) is 61.9 cm³/mol. The van der Waals surface area contributed by atoms with Gasteiger partial charge in [0.1, 0.15) is 0 Å². The molecule has 1 heterocycles. The van der Waals surface area contributed by atoms with Crippen molar-refractivity contribution in [2.24, 2.45) is 11.5 Å². The van der Waals surface area contributed by atoms with Crippen molar-refractivity contribution in [1.82, 2.24) is 5.32 Å². The molecule has 0 spiro atoms. The molecule has 0 fully saturated rings. The molecular formula is C11H12ClN3. The van der Waals surface area contributed by atoms with Gasteiger partial charge < -0.3 is 11.1 Å². The molecule has 0 aliphatic carbocycles. The van der Waals surface area contributed by atoms with Crippen LogP contribution in [0, 0.1) is 0 Å². The Kier molecular flexibility index (Phi) is 2.42. The first kappa shape index (κ1) is 10.1. The van der Waals surface area contributed by atoms with Crippen LogP contribution in [0.15, 0.2) is 48.3 Å². The van der Waals surface area contributed by atoms with Gasteiger partial charge in [-0.3, -0.25) is 5.73 Å². The molecule has 5 N–H and O–H groups in total. The number of hydrogen-bond donors (Lipinski definition) is 3. The minimum atomic E-state index is -0.910. The van der Waals surface area contributed by atoms with Crippen LogP contribution in [-0.2, 0) is 5.66 Å². The number of nitrogens with one attached hydrogen (secondary N) is 1. The Balaban J connectivity index is 2.51. The average molecular weight is 222 g/mol. The van der Waals surface area contributed by atoms with Gasteiger partial charge in [-0.15, -0.1) is 0 Å². The molecule has 0 saturated heterocycles. The number of rotatable bonds is 1. The zero-order valence-electron chi connectivity index (χ0n) is 8.07. The Hall–Kier alpha value is -1.45. The van der Waals surface area contributed by atoms with Crippen molar-refractivity contribution < 1.29 is 0 Å². The highest BCUT2D eigenvalue weighted by Crippen LogP contribution is 2.29. The third kappa shape index (κ3) is 1.60. The van der Waals surface area contributed by atoms with E-state index in [1.807, 2.05) is 18.2 Å². The summed E-state index contributed by atoms with van der Waals surface area (Å²) in [6, 6.07) is 7.38. The Morgan fingerprint density at radius 2 is 2.00 bits per heavy atom. The lowest BCUT2D eigenvalue weighted by atomic mass is 9.95. The van der Waals surface area contributed by atoms with Crippen LogP contribution in [0.3, 0.4) is 0 Å². The second-order valence-corrected chi connectivity index (χ2v) is 3.82. The normalized spacial score (nSPS) is 24.5. The fraction of sp³-hybridized carbons (Fsp3) is 0.0909. The van der Waals surface area contributed by atoms with E-state index in [1.165, 1.54) is 0 Å². The van der Waals surface area contributed by atoms with Crippen molar-refractivity contribution in [1.29, 1.82) is 0 Å². The Morgan fingerprint density at radius 3 is 2.67 bits per heavy atom. The van der Waals surface area contributed by atoms with E-state index in [4.69, 9.17) is 23.1 Å². The zero-order chi connectivity index (χ0) is 10.9. The first-order valence-corrected chi connectivity index (χ1v) is 4.97. The highest BCUT2D eigenvalue weighted by molar-refractivity contribution is 6.31. The number of allylic oxidation sites excluding steroid dienone is 2. The highest BCUT2D eigenvalue weighted by Gasteiger charge is 2.32. The minimum Gasteiger partial charge on any atom is -0.399 e. The van der Waals surface area contributed by atoms with E-state index in [0.717, 1.165) is 5.56 Å². The lowest BCUT2D eigenvalue weighted by molar-refractivity contribution is 0.457. The second kappa shape index (κ2) is 3.61. The summed E-state index contributed by atoms with van der Waals surface area (Å²) in [5.74, 6) is 0. The molecular weight excluding hydrogens is 210 g/mol. The molecule has 0 amide bonds. The van der Waals surface area contributed by atoms with E-state index >= 15 is 0 Å². The third-order valence-electron chi connectivity index (χ3n) is 2.44. The summed E-state index contributed by atoms with van der Waals surface area (Å²) < 4.78 is 0. The molecule has 1 aromatic rings. The van der Waals surface area contributed by atoms with Gasteiger partial charge in [-0.05, 0) is 24.4 Å². The summed E-state index contributed by atoms with van der Waals surface area (Å²) in [6.07, 6.45) is 5.32. The molecule has 15 heavy (non-hydrogen) atoms. The van der Waals surface area contributed by atoms with Gasteiger partial charge in [-0.1, -0.05) is 29.8 Å². The molecule has 1 aliphatic heterocycles. The van der Waals surface area contributed by atoms with Crippen molar-refractivity contribution in [2.45, 2.75) is 5.66 Å². The number of nitrogens with two attached hydrogens (primary N) is 2. The molecule has 0 radical (unpaired) electrons. The van der Waals surface area contributed by atoms with Gasteiger partial charge in [-0.2, -0.15) is 0 Å². The first-order chi connectivity index (χ1) is 7.14. The monoisotopic (exact) mass is 221 g/mol. The fourth-order valence-corrected chi connectivity index (χ4v) is 1.85. The first-order valence-electron chi connectivity index (χ1n) is 4.59. The van der Waals surface area contributed by atoms with E-state index in [-0.39, 0.29) is 0 Å². The van der Waals surface area contributed by atoms with E-state index in [9.17, 15) is 0 Å². The Morgan fingerprint density at radius 1 is 1.27 bits per heavy atom. The van der Waals surface area contributed by atoms with Crippen molar-refractivity contribution in [2.75, 3.05) is 0 Å². The summed E-state index contributed by atoms with van der Waals surface area (Å²) in [7, 11) is 0. The van der Waals surface area contributed by atoms with Gasteiger partial charge in [0.15, 0.2) is 5.66 Å². The fourth-order valence-electron chi connectivity index (χ4n) is 1.56. The van der Waals surface area contributed by atoms with E-state index < -0.39 is 5.66 Å². The molecule has 1 unspecified atom stereocenters. The third-order valence-corrected chi connectivity index (χ3v) is 2.77. The topological polar surface area (TPSA) is 64.1 Å². The molecule has 1 atom stereocenters. The minimum absolute atomic E-state index is 0.540. The van der Waals surface area contributed by atoms with Crippen LogP contribution < -0.4 is 16.8 Å². The van der Waals surface area contributed by atoms with Crippen molar-refractivity contribution >= 4 is 11.6 Å². The smallest absolute Gasteiger partial charge is 0.154 e. The van der Waals surface area contributed by atoms with Crippen LogP contribution in [0.25, 0.3) is 0 Å². The van der Waals surface area contributed by atoms with Crippen LogP contribution in [0.4, 0.5) is 0 Å². The van der Waals surface area contributed by atoms with Crippen LogP contribution >= 0.6 is 11.6 Å². The lowest BCUT2D eigenvalue weighted by Gasteiger charge is -2.33. The van der Waals surface area contributed by atoms with Crippen LogP contribution in [0.1, 0.15) is 5.56 Å². The largest absolute Gasteiger partial charge is 0.399 e. The maximum Gasteiger partial charge on any atom is 0.154 e. The van der Waals surface area contributed by atoms with Gasteiger partial charge in [0.25, 0.3) is 0 Å². The molecule has 0 bridgehead atoms. The van der Waals surface area contributed by atoms with Gasteiger partial charge in [0.2, 0.25) is 0 Å². The quantitative estimate of drug-likeness (QED) is 0.672. The maximum atomic E-state index is 6.18. The molecule has 1 aromatic carbocycles. The van der Waals surface area contributed by atoms with Crippen molar-refractivity contribution in [3.05, 3.63) is 58.9 Å². The van der Waals surface area contributed by atoms with E-state index in [0.29, 0.717) is 10.7 Å². The van der Waals surface area contributed by atoms with Gasteiger partial charge in [0, 0.05) is 10.6 Å². The van der Waals surface area contributed by atoms with Gasteiger partial charge >= 0.3 is 0 Å². The summed E-state index contributed by atoms with van der Waals surface area (Å²) >= 11 is 6.09. The maximum absolute atomic E-state index is 6.18. The Bertz CT molecular complexity index is 439. The zero-order valence-corrected chi connectivity index (χ0v) is 8.83. The number of halogens is 1. The summed E-state index contributed by atoms with van der Waals surface area (Å²) in [5, 5.41) is 3.62. The lowest BCUT2D eigenvalue weighted by Crippen LogP contribution is -2.53. The molecule has 0 aromatic heterocycles. The molecule has 1 aliphatic rings. The molecule has 4 heteroatoms. The van der Waals surface area contributed by atoms with Gasteiger partial charge in [0.05, 0.1) is 5.70 Å². The van der Waals surface area contributed by atoms with Gasteiger partial charge in [-0.25, -0.2) is 0 Å². The highest BCUT2D eigenvalue weighted by atomic mass is 35.5. The number of benzene rings is 1. The Labute approximate surface area is 93.4 Å². The summed E-state index contributed by atoms with van der Waals surface area (Å²) in [4.78, 5) is 0. The SMILES string of the molecule is NC1=CC=CNC1(N)c1ccccc1Cl. The molecule has 2 rings (SSSR count). The van der Waals surface area contributed by atoms with Crippen LogP contribution in [0.2, 0.25) is 5.02 Å². The van der Waals surface area contributed by atoms with Crippen molar-refractivity contribution in [3.8, 4) is 0 Å². The van der Waals surface area contributed by atoms with E-state index in [1.54, 1.807) is 24.4 Å². The second-order valence-electron chi connectivity index (χ2n) is 3.41. The van der Waals surface area contributed by atoms with Crippen LogP contribution in [-0.4, -0.2) is 0 Å². The van der Waals surface area contributed by atoms with E-state index in [2.05, 4.69) is 5.32 Å². The summed E-state index contributed by atoms with van der Waals surface area (Å²) in [5.41, 5.74) is 12.5. The number of dihydropyridines is 1. The standard InChI is InChI=1S/C11H12ClN3/c12-9-5-2-1-4-8(9)11(14)10(13)6-3-7-15-11/h1-7,15H,13-14H2. The predicted octanol–water partition coefficient (Wildman–Crippen LogP) is 1.41. The average Bonchev–Trinajstić information content (AvgIpc) is 2.23. The number of hydrogen-bond acceptors (Lipinski definition) is 3. The molecule has 3 nitrogen and oxygen atoms in total.